The summed E-state index contributed by atoms with van der Waals surface area (Å²) in [6, 6.07) is 7.04. The lowest BCUT2D eigenvalue weighted by atomic mass is 9.79. The molecule has 2 heterocycles. The number of halogens is 4. The summed E-state index contributed by atoms with van der Waals surface area (Å²) in [5.74, 6) is 1.23. The summed E-state index contributed by atoms with van der Waals surface area (Å²) in [5.41, 5.74) is 1.13. The topological polar surface area (TPSA) is 18.5 Å². The van der Waals surface area contributed by atoms with Crippen LogP contribution in [0.15, 0.2) is 24.3 Å². The summed E-state index contributed by atoms with van der Waals surface area (Å²) in [6.07, 6.45) is 0. The molecule has 6 heteroatoms. The Morgan fingerprint density at radius 2 is 1.59 bits per heavy atom. The summed E-state index contributed by atoms with van der Waals surface area (Å²) in [7, 11) is 0. The van der Waals surface area contributed by atoms with E-state index in [0.29, 0.717) is 38.2 Å². The molecule has 2 nitrogen and oxygen atoms in total. The van der Waals surface area contributed by atoms with Crippen molar-refractivity contribution < 1.29 is 9.47 Å². The largest absolute Gasteiger partial charge is 0.491 e. The third-order valence-corrected chi connectivity index (χ3v) is 5.33. The summed E-state index contributed by atoms with van der Waals surface area (Å²) in [5, 5.41) is 2.09. The van der Waals surface area contributed by atoms with Gasteiger partial charge in [-0.25, -0.2) is 0 Å². The van der Waals surface area contributed by atoms with Crippen molar-refractivity contribution in [2.45, 2.75) is 18.4 Å². The Bertz CT molecular complexity index is 805. The standard InChI is InChI=1S/C16H10Cl4O2/c1-16-10-3-8(18)5-13(20)15(10)21-6-11(16)9-2-7(17)4-12(19)14(9)22-16/h2-5,11H,6H2,1H3. The van der Waals surface area contributed by atoms with Crippen LogP contribution >= 0.6 is 46.4 Å². The molecule has 0 saturated heterocycles. The maximum absolute atomic E-state index is 6.29. The number of hydrogen-bond acceptors (Lipinski definition) is 2. The SMILES string of the molecule is CC12Oc3c(Cl)cc(Cl)cc3C1COc1c(Cl)cc(Cl)cc12. The smallest absolute Gasteiger partial charge is 0.145 e. The molecule has 2 atom stereocenters. The van der Waals surface area contributed by atoms with Gasteiger partial charge in [-0.3, -0.25) is 0 Å². The summed E-state index contributed by atoms with van der Waals surface area (Å²) in [4.78, 5) is 0. The van der Waals surface area contributed by atoms with Gasteiger partial charge in [0.15, 0.2) is 0 Å². The molecule has 0 aliphatic carbocycles. The van der Waals surface area contributed by atoms with Crippen molar-refractivity contribution in [3.05, 3.63) is 55.5 Å². The minimum atomic E-state index is -0.640. The molecule has 2 aliphatic heterocycles. The molecule has 2 unspecified atom stereocenters. The zero-order valence-corrected chi connectivity index (χ0v) is 14.4. The van der Waals surface area contributed by atoms with Crippen molar-refractivity contribution in [3.63, 3.8) is 0 Å². The Labute approximate surface area is 147 Å². The van der Waals surface area contributed by atoms with Gasteiger partial charge >= 0.3 is 0 Å². The van der Waals surface area contributed by atoms with E-state index in [1.165, 1.54) is 0 Å². The van der Waals surface area contributed by atoms with E-state index in [-0.39, 0.29) is 5.92 Å². The van der Waals surface area contributed by atoms with E-state index >= 15 is 0 Å². The van der Waals surface area contributed by atoms with Crippen LogP contribution in [0.1, 0.15) is 24.0 Å². The number of hydrogen-bond donors (Lipinski definition) is 0. The molecule has 0 aromatic heterocycles. The fourth-order valence-electron chi connectivity index (χ4n) is 3.26. The summed E-state index contributed by atoms with van der Waals surface area (Å²) in [6.45, 7) is 2.43. The Kier molecular flexibility index (Phi) is 3.25. The summed E-state index contributed by atoms with van der Waals surface area (Å²) >= 11 is 24.8. The second-order valence-electron chi connectivity index (χ2n) is 5.64. The lowest BCUT2D eigenvalue weighted by Gasteiger charge is -2.37. The Morgan fingerprint density at radius 3 is 2.32 bits per heavy atom. The molecule has 2 aliphatic rings. The molecule has 0 saturated carbocycles. The quantitative estimate of drug-likeness (QED) is 0.555. The molecular formula is C16H10Cl4O2. The first-order valence-electron chi connectivity index (χ1n) is 6.70. The van der Waals surface area contributed by atoms with Crippen molar-refractivity contribution in [3.8, 4) is 11.5 Å². The Morgan fingerprint density at radius 1 is 0.955 bits per heavy atom. The average molecular weight is 376 g/mol. The molecule has 2 aromatic rings. The van der Waals surface area contributed by atoms with Crippen LogP contribution in [0, 0.1) is 0 Å². The van der Waals surface area contributed by atoms with Crippen LogP contribution in [-0.2, 0) is 5.60 Å². The van der Waals surface area contributed by atoms with Crippen molar-refractivity contribution in [2.75, 3.05) is 6.61 Å². The number of rotatable bonds is 0. The zero-order valence-electron chi connectivity index (χ0n) is 11.4. The first-order valence-corrected chi connectivity index (χ1v) is 8.21. The molecule has 0 amide bonds. The van der Waals surface area contributed by atoms with Crippen molar-refractivity contribution >= 4 is 46.4 Å². The lowest BCUT2D eigenvalue weighted by Crippen LogP contribution is -2.38. The van der Waals surface area contributed by atoms with Crippen LogP contribution in [0.4, 0.5) is 0 Å². The van der Waals surface area contributed by atoms with Crippen LogP contribution in [0.3, 0.4) is 0 Å². The van der Waals surface area contributed by atoms with Gasteiger partial charge in [-0.1, -0.05) is 46.4 Å². The minimum absolute atomic E-state index is 0.0271. The molecule has 22 heavy (non-hydrogen) atoms. The highest BCUT2D eigenvalue weighted by molar-refractivity contribution is 6.36. The van der Waals surface area contributed by atoms with E-state index in [1.807, 2.05) is 19.1 Å². The molecular weight excluding hydrogens is 366 g/mol. The van der Waals surface area contributed by atoms with Crippen LogP contribution in [0.2, 0.25) is 20.1 Å². The predicted molar refractivity (Wildman–Crippen MR) is 89.1 cm³/mol. The van der Waals surface area contributed by atoms with E-state index in [0.717, 1.165) is 11.1 Å². The molecule has 0 N–H and O–H groups in total. The highest BCUT2D eigenvalue weighted by Gasteiger charge is 2.52. The lowest BCUT2D eigenvalue weighted by molar-refractivity contribution is 0.0436. The Balaban J connectivity index is 1.95. The molecule has 0 fully saturated rings. The van der Waals surface area contributed by atoms with E-state index in [9.17, 15) is 0 Å². The maximum Gasteiger partial charge on any atom is 0.145 e. The fourth-order valence-corrected chi connectivity index (χ4v) is 4.36. The highest BCUT2D eigenvalue weighted by atomic mass is 35.5. The monoisotopic (exact) mass is 374 g/mol. The van der Waals surface area contributed by atoms with Gasteiger partial charge in [0, 0.05) is 21.2 Å². The van der Waals surface area contributed by atoms with Gasteiger partial charge in [0.05, 0.1) is 22.6 Å². The number of ether oxygens (including phenoxy) is 2. The van der Waals surface area contributed by atoms with Gasteiger partial charge in [-0.15, -0.1) is 0 Å². The first-order chi connectivity index (χ1) is 10.4. The molecule has 2 aromatic carbocycles. The van der Waals surface area contributed by atoms with Gasteiger partial charge in [0.2, 0.25) is 0 Å². The third kappa shape index (κ3) is 1.94. The molecule has 4 rings (SSSR count). The van der Waals surface area contributed by atoms with Gasteiger partial charge < -0.3 is 9.47 Å². The highest BCUT2D eigenvalue weighted by Crippen LogP contribution is 2.58. The van der Waals surface area contributed by atoms with E-state index < -0.39 is 5.60 Å². The van der Waals surface area contributed by atoms with Crippen LogP contribution in [-0.4, -0.2) is 6.61 Å². The van der Waals surface area contributed by atoms with E-state index in [4.69, 9.17) is 55.9 Å². The minimum Gasteiger partial charge on any atom is -0.491 e. The van der Waals surface area contributed by atoms with Crippen LogP contribution in [0.5, 0.6) is 11.5 Å². The van der Waals surface area contributed by atoms with Gasteiger partial charge in [-0.2, -0.15) is 0 Å². The molecule has 0 bridgehead atoms. The van der Waals surface area contributed by atoms with Gasteiger partial charge in [0.25, 0.3) is 0 Å². The normalized spacial score (nSPS) is 24.9. The number of fused-ring (bicyclic) bond motifs is 5. The maximum atomic E-state index is 6.29. The van der Waals surface area contributed by atoms with E-state index in [2.05, 4.69) is 0 Å². The van der Waals surface area contributed by atoms with Crippen LogP contribution < -0.4 is 9.47 Å². The molecule has 114 valence electrons. The third-order valence-electron chi connectivity index (χ3n) is 4.33. The molecule has 0 spiro atoms. The van der Waals surface area contributed by atoms with Crippen LogP contribution in [0.25, 0.3) is 0 Å². The average Bonchev–Trinajstić information content (AvgIpc) is 2.73. The van der Waals surface area contributed by atoms with Crippen molar-refractivity contribution in [2.24, 2.45) is 0 Å². The second-order valence-corrected chi connectivity index (χ2v) is 7.33. The summed E-state index contributed by atoms with van der Waals surface area (Å²) < 4.78 is 12.1. The zero-order chi connectivity index (χ0) is 15.6. The number of benzene rings is 2. The second kappa shape index (κ2) is 4.85. The van der Waals surface area contributed by atoms with Crippen molar-refractivity contribution in [1.82, 2.24) is 0 Å². The fraction of sp³-hybridized carbons (Fsp3) is 0.250. The van der Waals surface area contributed by atoms with Crippen molar-refractivity contribution in [1.29, 1.82) is 0 Å². The van der Waals surface area contributed by atoms with Gasteiger partial charge in [0.1, 0.15) is 17.1 Å². The molecule has 0 radical (unpaired) electrons. The predicted octanol–water partition coefficient (Wildman–Crippen LogP) is 6.08. The van der Waals surface area contributed by atoms with Gasteiger partial charge in [-0.05, 0) is 31.2 Å². The Hall–Kier alpha value is -0.800. The first kappa shape index (κ1) is 14.8. The van der Waals surface area contributed by atoms with E-state index in [1.54, 1.807) is 12.1 Å².